The average molecular weight is 267 g/mol. The van der Waals surface area contributed by atoms with Crippen LogP contribution in [0.25, 0.3) is 0 Å². The number of hydrogen-bond donors (Lipinski definition) is 2. The number of rotatable bonds is 3. The third-order valence-corrected chi connectivity index (χ3v) is 4.86. The first-order chi connectivity index (χ1) is 8.89. The number of hydrogen-bond acceptors (Lipinski definition) is 2. The maximum absolute atomic E-state index is 12.2. The molecule has 0 heterocycles. The second-order valence-corrected chi connectivity index (χ2v) is 6.93. The van der Waals surface area contributed by atoms with E-state index in [-0.39, 0.29) is 17.9 Å². The predicted octanol–water partition coefficient (Wildman–Crippen LogP) is 2.57. The van der Waals surface area contributed by atoms with Gasteiger partial charge in [0.05, 0.1) is 11.8 Å². The zero-order valence-corrected chi connectivity index (χ0v) is 11.9. The minimum Gasteiger partial charge on any atom is -0.481 e. The van der Waals surface area contributed by atoms with Gasteiger partial charge in [-0.25, -0.2) is 0 Å². The van der Waals surface area contributed by atoms with Crippen molar-refractivity contribution in [2.24, 2.45) is 17.3 Å². The van der Waals surface area contributed by atoms with E-state index in [1.165, 1.54) is 0 Å². The van der Waals surface area contributed by atoms with Crippen molar-refractivity contribution in [3.05, 3.63) is 0 Å². The van der Waals surface area contributed by atoms with Crippen molar-refractivity contribution in [2.75, 3.05) is 0 Å². The summed E-state index contributed by atoms with van der Waals surface area (Å²) in [5.74, 6) is -1.63. The summed E-state index contributed by atoms with van der Waals surface area (Å²) in [6.07, 6.45) is 6.52. The van der Waals surface area contributed by atoms with Gasteiger partial charge in [-0.05, 0) is 43.9 Å². The molecule has 0 bridgehead atoms. The molecule has 19 heavy (non-hydrogen) atoms. The molecule has 0 spiro atoms. The molecule has 2 aliphatic carbocycles. The molecule has 2 saturated carbocycles. The van der Waals surface area contributed by atoms with Gasteiger partial charge in [-0.3, -0.25) is 9.59 Å². The van der Waals surface area contributed by atoms with E-state index < -0.39 is 11.9 Å². The molecule has 2 fully saturated rings. The van der Waals surface area contributed by atoms with Crippen LogP contribution < -0.4 is 5.32 Å². The number of carboxylic acids is 1. The van der Waals surface area contributed by atoms with E-state index in [2.05, 4.69) is 19.2 Å². The Morgan fingerprint density at radius 3 is 2.21 bits per heavy atom. The summed E-state index contributed by atoms with van der Waals surface area (Å²) in [7, 11) is 0. The van der Waals surface area contributed by atoms with Crippen molar-refractivity contribution in [3.8, 4) is 0 Å². The van der Waals surface area contributed by atoms with Crippen molar-refractivity contribution >= 4 is 11.9 Å². The monoisotopic (exact) mass is 267 g/mol. The number of amides is 1. The van der Waals surface area contributed by atoms with Crippen LogP contribution in [0.1, 0.15) is 58.8 Å². The standard InChI is InChI=1S/C15H25NO3/c1-15(2)8-6-10(7-9-15)16-13(17)11-4-3-5-12(11)14(18)19/h10-12H,3-9H2,1-2H3,(H,16,17)(H,18,19)/t11-,12+/m1/s1. The van der Waals surface area contributed by atoms with E-state index in [0.29, 0.717) is 11.8 Å². The summed E-state index contributed by atoms with van der Waals surface area (Å²) in [6.45, 7) is 4.53. The molecule has 4 heteroatoms. The Kier molecular flexibility index (Phi) is 4.16. The Labute approximate surface area is 115 Å². The Bertz CT molecular complexity index is 354. The molecule has 0 aromatic carbocycles. The van der Waals surface area contributed by atoms with Gasteiger partial charge in [-0.1, -0.05) is 20.3 Å². The average Bonchev–Trinajstić information content (AvgIpc) is 2.81. The largest absolute Gasteiger partial charge is 0.481 e. The first-order valence-electron chi connectivity index (χ1n) is 7.42. The van der Waals surface area contributed by atoms with Crippen LogP contribution in [0.4, 0.5) is 0 Å². The number of nitrogens with one attached hydrogen (secondary N) is 1. The molecule has 1 amide bonds. The van der Waals surface area contributed by atoms with Crippen molar-refractivity contribution < 1.29 is 14.7 Å². The van der Waals surface area contributed by atoms with Crippen molar-refractivity contribution in [3.63, 3.8) is 0 Å². The lowest BCUT2D eigenvalue weighted by molar-refractivity contribution is -0.146. The van der Waals surface area contributed by atoms with Crippen LogP contribution in [0, 0.1) is 17.3 Å². The molecule has 2 atom stereocenters. The normalized spacial score (nSPS) is 31.1. The van der Waals surface area contributed by atoms with Crippen LogP contribution in [0.15, 0.2) is 0 Å². The molecule has 4 nitrogen and oxygen atoms in total. The highest BCUT2D eigenvalue weighted by atomic mass is 16.4. The fourth-order valence-electron chi connectivity index (χ4n) is 3.42. The summed E-state index contributed by atoms with van der Waals surface area (Å²) in [6, 6.07) is 0.246. The van der Waals surface area contributed by atoms with Gasteiger partial charge in [-0.15, -0.1) is 0 Å². The fraction of sp³-hybridized carbons (Fsp3) is 0.867. The highest BCUT2D eigenvalue weighted by Crippen LogP contribution is 2.36. The summed E-state index contributed by atoms with van der Waals surface area (Å²) >= 11 is 0. The number of aliphatic carboxylic acids is 1. The summed E-state index contributed by atoms with van der Waals surface area (Å²) in [5.41, 5.74) is 0.387. The van der Waals surface area contributed by atoms with E-state index in [0.717, 1.165) is 38.5 Å². The van der Waals surface area contributed by atoms with E-state index in [1.54, 1.807) is 0 Å². The smallest absolute Gasteiger partial charge is 0.307 e. The predicted molar refractivity (Wildman–Crippen MR) is 72.6 cm³/mol. The number of carbonyl (C=O) groups excluding carboxylic acids is 1. The Morgan fingerprint density at radius 1 is 1.05 bits per heavy atom. The lowest BCUT2D eigenvalue weighted by Crippen LogP contribution is -2.43. The molecule has 2 N–H and O–H groups in total. The first-order valence-corrected chi connectivity index (χ1v) is 7.42. The van der Waals surface area contributed by atoms with E-state index >= 15 is 0 Å². The van der Waals surface area contributed by atoms with Gasteiger partial charge < -0.3 is 10.4 Å². The third kappa shape index (κ3) is 3.48. The highest BCUT2D eigenvalue weighted by molar-refractivity contribution is 5.85. The number of carboxylic acid groups (broad SMARTS) is 1. The molecule has 2 aliphatic rings. The summed E-state index contributed by atoms with van der Waals surface area (Å²) in [5, 5.41) is 12.2. The molecule has 0 unspecified atom stereocenters. The number of carbonyl (C=O) groups is 2. The topological polar surface area (TPSA) is 66.4 Å². The van der Waals surface area contributed by atoms with Crippen LogP contribution in [0.3, 0.4) is 0 Å². The molecular weight excluding hydrogens is 242 g/mol. The maximum atomic E-state index is 12.2. The van der Waals surface area contributed by atoms with Crippen LogP contribution >= 0.6 is 0 Å². The molecule has 0 radical (unpaired) electrons. The summed E-state index contributed by atoms with van der Waals surface area (Å²) in [4.78, 5) is 23.3. The molecule has 108 valence electrons. The summed E-state index contributed by atoms with van der Waals surface area (Å²) < 4.78 is 0. The quantitative estimate of drug-likeness (QED) is 0.826. The van der Waals surface area contributed by atoms with Gasteiger partial charge >= 0.3 is 5.97 Å². The molecule has 2 rings (SSSR count). The third-order valence-electron chi connectivity index (χ3n) is 4.86. The Balaban J connectivity index is 1.86. The fourth-order valence-corrected chi connectivity index (χ4v) is 3.42. The van der Waals surface area contributed by atoms with E-state index in [9.17, 15) is 9.59 Å². The van der Waals surface area contributed by atoms with Gasteiger partial charge in [0.2, 0.25) is 5.91 Å². The van der Waals surface area contributed by atoms with Crippen molar-refractivity contribution in [1.29, 1.82) is 0 Å². The molecule has 0 saturated heterocycles. The zero-order valence-electron chi connectivity index (χ0n) is 11.9. The van der Waals surface area contributed by atoms with Crippen LogP contribution in [-0.4, -0.2) is 23.0 Å². The van der Waals surface area contributed by atoms with Crippen molar-refractivity contribution in [2.45, 2.75) is 64.8 Å². The van der Waals surface area contributed by atoms with Gasteiger partial charge in [0.1, 0.15) is 0 Å². The second kappa shape index (κ2) is 5.51. The minimum atomic E-state index is -0.817. The lowest BCUT2D eigenvalue weighted by atomic mass is 9.75. The Morgan fingerprint density at radius 2 is 1.63 bits per heavy atom. The minimum absolute atomic E-state index is 0.0328. The first kappa shape index (κ1) is 14.4. The van der Waals surface area contributed by atoms with Crippen molar-refractivity contribution in [1.82, 2.24) is 5.32 Å². The Hall–Kier alpha value is -1.06. The van der Waals surface area contributed by atoms with Crippen LogP contribution in [0.2, 0.25) is 0 Å². The van der Waals surface area contributed by atoms with Gasteiger partial charge in [-0.2, -0.15) is 0 Å². The molecular formula is C15H25NO3. The van der Waals surface area contributed by atoms with E-state index in [4.69, 9.17) is 5.11 Å². The molecule has 0 aliphatic heterocycles. The second-order valence-electron chi connectivity index (χ2n) is 6.93. The highest BCUT2D eigenvalue weighted by Gasteiger charge is 2.38. The zero-order chi connectivity index (χ0) is 14.0. The van der Waals surface area contributed by atoms with Gasteiger partial charge in [0.25, 0.3) is 0 Å². The van der Waals surface area contributed by atoms with E-state index in [1.807, 2.05) is 0 Å². The van der Waals surface area contributed by atoms with Gasteiger partial charge in [0, 0.05) is 6.04 Å². The lowest BCUT2D eigenvalue weighted by Gasteiger charge is -2.35. The molecule has 0 aromatic heterocycles. The van der Waals surface area contributed by atoms with Crippen LogP contribution in [0.5, 0.6) is 0 Å². The SMILES string of the molecule is CC1(C)CCC(NC(=O)[C@@H]2CCC[C@@H]2C(=O)O)CC1. The maximum Gasteiger partial charge on any atom is 0.307 e. The van der Waals surface area contributed by atoms with Crippen LogP contribution in [-0.2, 0) is 9.59 Å². The molecule has 0 aromatic rings. The van der Waals surface area contributed by atoms with Gasteiger partial charge in [0.15, 0.2) is 0 Å².